The summed E-state index contributed by atoms with van der Waals surface area (Å²) < 4.78 is 3.67. The Labute approximate surface area is 168 Å². The molecule has 0 aliphatic carbocycles. The molecule has 0 spiro atoms. The van der Waals surface area contributed by atoms with E-state index in [1.165, 1.54) is 0 Å². The summed E-state index contributed by atoms with van der Waals surface area (Å²) in [7, 11) is 0. The van der Waals surface area contributed by atoms with E-state index in [-0.39, 0.29) is 5.91 Å². The van der Waals surface area contributed by atoms with Crippen LogP contribution in [0.3, 0.4) is 0 Å². The normalized spacial score (nSPS) is 10.8. The molecule has 28 heavy (non-hydrogen) atoms. The standard InChI is InChI=1S/C22H19ClN4O/c23-18-10-8-17(9-11-18)12-13-24-21(28)20-16-25-27(19-6-2-1-3-7-19)22(20)26-14-4-5-15-26/h1-11,14-16H,12-13H2,(H,24,28). The van der Waals surface area contributed by atoms with E-state index < -0.39 is 0 Å². The molecule has 2 heterocycles. The molecule has 4 aromatic rings. The lowest BCUT2D eigenvalue weighted by Gasteiger charge is -2.11. The molecule has 5 nitrogen and oxygen atoms in total. The average Bonchev–Trinajstić information content (AvgIpc) is 3.39. The summed E-state index contributed by atoms with van der Waals surface area (Å²) in [5.74, 6) is 0.556. The molecule has 0 aliphatic rings. The lowest BCUT2D eigenvalue weighted by molar-refractivity contribution is 0.0954. The fourth-order valence-electron chi connectivity index (χ4n) is 3.05. The van der Waals surface area contributed by atoms with E-state index in [2.05, 4.69) is 10.4 Å². The second-order valence-electron chi connectivity index (χ2n) is 6.35. The van der Waals surface area contributed by atoms with Gasteiger partial charge in [0.2, 0.25) is 0 Å². The number of halogens is 1. The molecule has 0 saturated heterocycles. The van der Waals surface area contributed by atoms with Crippen molar-refractivity contribution in [1.82, 2.24) is 19.7 Å². The predicted octanol–water partition coefficient (Wildman–Crippen LogP) is 4.29. The van der Waals surface area contributed by atoms with Crippen LogP contribution in [-0.2, 0) is 6.42 Å². The first-order valence-electron chi connectivity index (χ1n) is 9.02. The first-order chi connectivity index (χ1) is 13.7. The summed E-state index contributed by atoms with van der Waals surface area (Å²) in [5, 5.41) is 8.16. The number of nitrogens with zero attached hydrogens (tertiary/aromatic N) is 3. The summed E-state index contributed by atoms with van der Waals surface area (Å²) >= 11 is 5.91. The number of para-hydroxylation sites is 1. The first-order valence-corrected chi connectivity index (χ1v) is 9.39. The van der Waals surface area contributed by atoms with Gasteiger partial charge in [-0.3, -0.25) is 4.79 Å². The predicted molar refractivity (Wildman–Crippen MR) is 110 cm³/mol. The molecular weight excluding hydrogens is 372 g/mol. The molecule has 2 aromatic carbocycles. The van der Waals surface area contributed by atoms with Gasteiger partial charge in [0, 0.05) is 24.0 Å². The highest BCUT2D eigenvalue weighted by atomic mass is 35.5. The Morgan fingerprint density at radius 3 is 2.39 bits per heavy atom. The van der Waals surface area contributed by atoms with Gasteiger partial charge in [0.25, 0.3) is 5.91 Å². The van der Waals surface area contributed by atoms with Crippen molar-refractivity contribution in [3.63, 3.8) is 0 Å². The third-order valence-corrected chi connectivity index (χ3v) is 4.70. The Kier molecular flexibility index (Phi) is 5.26. The van der Waals surface area contributed by atoms with Crippen molar-refractivity contribution in [2.75, 3.05) is 6.54 Å². The van der Waals surface area contributed by atoms with E-state index in [0.717, 1.165) is 17.7 Å². The molecule has 0 radical (unpaired) electrons. The molecule has 0 fully saturated rings. The monoisotopic (exact) mass is 390 g/mol. The van der Waals surface area contributed by atoms with Crippen molar-refractivity contribution in [1.29, 1.82) is 0 Å². The van der Waals surface area contributed by atoms with Crippen LogP contribution in [0.2, 0.25) is 5.02 Å². The quantitative estimate of drug-likeness (QED) is 0.534. The van der Waals surface area contributed by atoms with E-state index >= 15 is 0 Å². The van der Waals surface area contributed by atoms with Crippen LogP contribution >= 0.6 is 11.6 Å². The molecule has 2 aromatic heterocycles. The van der Waals surface area contributed by atoms with E-state index in [0.29, 0.717) is 22.9 Å². The average molecular weight is 391 g/mol. The van der Waals surface area contributed by atoms with Crippen molar-refractivity contribution < 1.29 is 4.79 Å². The van der Waals surface area contributed by atoms with E-state index in [9.17, 15) is 4.79 Å². The molecule has 4 rings (SSSR count). The highest BCUT2D eigenvalue weighted by molar-refractivity contribution is 6.30. The summed E-state index contributed by atoms with van der Waals surface area (Å²) in [6.07, 6.45) is 6.15. The SMILES string of the molecule is O=C(NCCc1ccc(Cl)cc1)c1cnn(-c2ccccc2)c1-n1cccc1. The zero-order valence-corrected chi connectivity index (χ0v) is 15.9. The van der Waals surface area contributed by atoms with Gasteiger partial charge >= 0.3 is 0 Å². The number of rotatable bonds is 6. The van der Waals surface area contributed by atoms with Gasteiger partial charge in [-0.05, 0) is 48.4 Å². The van der Waals surface area contributed by atoms with E-state index in [1.807, 2.05) is 83.7 Å². The highest BCUT2D eigenvalue weighted by Gasteiger charge is 2.19. The van der Waals surface area contributed by atoms with Crippen molar-refractivity contribution in [2.24, 2.45) is 0 Å². The number of carbonyl (C=O) groups excluding carboxylic acids is 1. The van der Waals surface area contributed by atoms with E-state index in [4.69, 9.17) is 11.6 Å². The van der Waals surface area contributed by atoms with Gasteiger partial charge in [-0.1, -0.05) is 41.9 Å². The van der Waals surface area contributed by atoms with Gasteiger partial charge < -0.3 is 9.88 Å². The van der Waals surface area contributed by atoms with Gasteiger partial charge in [0.05, 0.1) is 11.9 Å². The zero-order valence-electron chi connectivity index (χ0n) is 15.1. The topological polar surface area (TPSA) is 51.9 Å². The number of aromatic nitrogens is 3. The van der Waals surface area contributed by atoms with Crippen molar-refractivity contribution in [3.05, 3.63) is 101 Å². The first kappa shape index (κ1) is 18.1. The lowest BCUT2D eigenvalue weighted by Crippen LogP contribution is -2.26. The van der Waals surface area contributed by atoms with Crippen LogP contribution in [-0.4, -0.2) is 26.8 Å². The molecule has 0 bridgehead atoms. The molecule has 1 N–H and O–H groups in total. The van der Waals surface area contributed by atoms with E-state index in [1.54, 1.807) is 10.9 Å². The molecule has 140 valence electrons. The number of hydrogen-bond acceptors (Lipinski definition) is 2. The van der Waals surface area contributed by atoms with Crippen molar-refractivity contribution >= 4 is 17.5 Å². The molecule has 0 atom stereocenters. The van der Waals surface area contributed by atoms with Crippen LogP contribution in [0.1, 0.15) is 15.9 Å². The zero-order chi connectivity index (χ0) is 19.3. The molecule has 6 heteroatoms. The summed E-state index contributed by atoms with van der Waals surface area (Å²) in [6, 6.07) is 21.2. The fraction of sp³-hybridized carbons (Fsp3) is 0.0909. The fourth-order valence-corrected chi connectivity index (χ4v) is 3.18. The second-order valence-corrected chi connectivity index (χ2v) is 6.79. The Morgan fingerprint density at radius 1 is 0.964 bits per heavy atom. The van der Waals surface area contributed by atoms with Gasteiger partial charge in [0.15, 0.2) is 5.82 Å². The van der Waals surface area contributed by atoms with Crippen LogP contribution < -0.4 is 5.32 Å². The number of benzene rings is 2. The molecular formula is C22H19ClN4O. The largest absolute Gasteiger partial charge is 0.352 e. The smallest absolute Gasteiger partial charge is 0.256 e. The van der Waals surface area contributed by atoms with Crippen molar-refractivity contribution in [3.8, 4) is 11.5 Å². The molecule has 0 saturated carbocycles. The van der Waals surface area contributed by atoms with Crippen LogP contribution in [0.15, 0.2) is 85.3 Å². The number of amides is 1. The number of hydrogen-bond donors (Lipinski definition) is 1. The molecule has 0 aliphatic heterocycles. The maximum absolute atomic E-state index is 12.9. The minimum atomic E-state index is -0.153. The third kappa shape index (κ3) is 3.85. The molecule has 0 unspecified atom stereocenters. The number of carbonyl (C=O) groups is 1. The Morgan fingerprint density at radius 2 is 1.68 bits per heavy atom. The van der Waals surface area contributed by atoms with Crippen LogP contribution in [0.5, 0.6) is 0 Å². The Balaban J connectivity index is 1.56. The maximum Gasteiger partial charge on any atom is 0.256 e. The van der Waals surface area contributed by atoms with Gasteiger partial charge in [0.1, 0.15) is 5.56 Å². The Hall–Kier alpha value is -3.31. The van der Waals surface area contributed by atoms with Crippen LogP contribution in [0.25, 0.3) is 11.5 Å². The number of nitrogens with one attached hydrogen (secondary N) is 1. The summed E-state index contributed by atoms with van der Waals surface area (Å²) in [4.78, 5) is 12.9. The molecule has 1 amide bonds. The lowest BCUT2D eigenvalue weighted by atomic mass is 10.1. The Bertz CT molecular complexity index is 1050. The summed E-state index contributed by atoms with van der Waals surface area (Å²) in [6.45, 7) is 0.530. The van der Waals surface area contributed by atoms with Crippen molar-refractivity contribution in [2.45, 2.75) is 6.42 Å². The maximum atomic E-state index is 12.9. The van der Waals surface area contributed by atoms with Gasteiger partial charge in [-0.15, -0.1) is 0 Å². The van der Waals surface area contributed by atoms with Gasteiger partial charge in [-0.2, -0.15) is 5.10 Å². The van der Waals surface area contributed by atoms with Crippen LogP contribution in [0.4, 0.5) is 0 Å². The van der Waals surface area contributed by atoms with Gasteiger partial charge in [-0.25, -0.2) is 4.68 Å². The minimum Gasteiger partial charge on any atom is -0.352 e. The minimum absolute atomic E-state index is 0.153. The van der Waals surface area contributed by atoms with Crippen LogP contribution in [0, 0.1) is 0 Å². The second kappa shape index (κ2) is 8.15. The highest BCUT2D eigenvalue weighted by Crippen LogP contribution is 2.19. The third-order valence-electron chi connectivity index (χ3n) is 4.45. The summed E-state index contributed by atoms with van der Waals surface area (Å²) in [5.41, 5.74) is 2.54.